The fourth-order valence-corrected chi connectivity index (χ4v) is 5.51. The molecule has 2 unspecified atom stereocenters. The van der Waals surface area contributed by atoms with Gasteiger partial charge < -0.3 is 5.32 Å². The number of piperidine rings is 1. The quantitative estimate of drug-likeness (QED) is 0.786. The van der Waals surface area contributed by atoms with Gasteiger partial charge in [0.05, 0.1) is 6.17 Å². The monoisotopic (exact) mass is 428 g/mol. The first kappa shape index (κ1) is 21.8. The van der Waals surface area contributed by atoms with Crippen LogP contribution in [0.1, 0.15) is 67.4 Å². The summed E-state index contributed by atoms with van der Waals surface area (Å²) < 4.78 is 16.8. The first-order chi connectivity index (χ1) is 14.9. The van der Waals surface area contributed by atoms with Crippen LogP contribution >= 0.6 is 0 Å². The number of amides is 1. The van der Waals surface area contributed by atoms with Crippen LogP contribution < -0.4 is 16.2 Å². The van der Waals surface area contributed by atoms with Gasteiger partial charge in [-0.3, -0.25) is 24.3 Å². The maximum absolute atomic E-state index is 13.8. The highest BCUT2D eigenvalue weighted by Gasteiger charge is 2.43. The molecule has 2 heterocycles. The Labute approximate surface area is 182 Å². The predicted molar refractivity (Wildman–Crippen MR) is 118 cm³/mol. The molecule has 31 heavy (non-hydrogen) atoms. The number of nitrogens with one attached hydrogen (secondary N) is 2. The Hall–Kier alpha value is -2.41. The standard InChI is InChI=1S/C24H33FN4O2/c1-28-20(16-22(30)29(28)2)23(31)26-21-11-10-18(14-17-8-7-9-19(25)15-17)24(27-21)12-5-3-4-6-13-24/h7-9,15-16,18,21,27H,3-6,10-14H2,1-2H3,(H,26,31). The van der Waals surface area contributed by atoms with Crippen molar-refractivity contribution >= 4 is 5.91 Å². The molecular formula is C24H33FN4O2. The minimum Gasteiger partial charge on any atom is -0.335 e. The van der Waals surface area contributed by atoms with Crippen molar-refractivity contribution in [3.63, 3.8) is 0 Å². The highest BCUT2D eigenvalue weighted by Crippen LogP contribution is 2.41. The highest BCUT2D eigenvalue weighted by molar-refractivity contribution is 5.92. The second kappa shape index (κ2) is 8.99. The molecule has 2 aliphatic rings. The van der Waals surface area contributed by atoms with E-state index in [1.165, 1.54) is 42.5 Å². The zero-order valence-corrected chi connectivity index (χ0v) is 18.5. The van der Waals surface area contributed by atoms with E-state index in [-0.39, 0.29) is 29.0 Å². The lowest BCUT2D eigenvalue weighted by Gasteiger charge is -2.48. The minimum atomic E-state index is -0.231. The third-order valence-corrected chi connectivity index (χ3v) is 7.33. The molecule has 1 aromatic heterocycles. The number of halogens is 1. The van der Waals surface area contributed by atoms with E-state index in [0.717, 1.165) is 37.7 Å². The van der Waals surface area contributed by atoms with Crippen LogP contribution in [0, 0.1) is 11.7 Å². The fraction of sp³-hybridized carbons (Fsp3) is 0.583. The molecule has 1 aliphatic heterocycles. The van der Waals surface area contributed by atoms with E-state index in [1.54, 1.807) is 30.9 Å². The maximum Gasteiger partial charge on any atom is 0.270 e. The molecule has 1 saturated heterocycles. The molecule has 2 fully saturated rings. The van der Waals surface area contributed by atoms with Gasteiger partial charge in [-0.05, 0) is 55.7 Å². The summed E-state index contributed by atoms with van der Waals surface area (Å²) in [6.45, 7) is 0. The molecule has 6 nitrogen and oxygen atoms in total. The van der Waals surface area contributed by atoms with Crippen molar-refractivity contribution in [1.82, 2.24) is 20.0 Å². The van der Waals surface area contributed by atoms with Crippen molar-refractivity contribution in [3.8, 4) is 0 Å². The molecule has 0 bridgehead atoms. The molecule has 2 atom stereocenters. The molecule has 168 valence electrons. The maximum atomic E-state index is 13.8. The summed E-state index contributed by atoms with van der Waals surface area (Å²) in [4.78, 5) is 24.8. The summed E-state index contributed by atoms with van der Waals surface area (Å²) in [6.07, 6.45) is 9.45. The Kier molecular flexibility index (Phi) is 6.32. The molecule has 0 radical (unpaired) electrons. The predicted octanol–water partition coefficient (Wildman–Crippen LogP) is 3.25. The summed E-state index contributed by atoms with van der Waals surface area (Å²) in [6, 6.07) is 8.32. The fourth-order valence-electron chi connectivity index (χ4n) is 5.51. The van der Waals surface area contributed by atoms with Crippen molar-refractivity contribution in [1.29, 1.82) is 0 Å². The largest absolute Gasteiger partial charge is 0.335 e. The van der Waals surface area contributed by atoms with Gasteiger partial charge in [0.1, 0.15) is 11.5 Å². The summed E-state index contributed by atoms with van der Waals surface area (Å²) in [5.41, 5.74) is 1.16. The Bertz CT molecular complexity index is 988. The second-order valence-electron chi connectivity index (χ2n) is 9.26. The number of hydrogen-bond acceptors (Lipinski definition) is 3. The summed E-state index contributed by atoms with van der Waals surface area (Å²) in [5, 5.41) is 6.93. The number of hydrogen-bond donors (Lipinski definition) is 2. The van der Waals surface area contributed by atoms with Crippen molar-refractivity contribution in [3.05, 3.63) is 57.8 Å². The molecule has 4 rings (SSSR count). The van der Waals surface area contributed by atoms with Crippen LogP contribution in [0.5, 0.6) is 0 Å². The number of aromatic nitrogens is 2. The van der Waals surface area contributed by atoms with E-state index < -0.39 is 0 Å². The first-order valence-corrected chi connectivity index (χ1v) is 11.4. The van der Waals surface area contributed by atoms with Gasteiger partial charge in [-0.15, -0.1) is 0 Å². The van der Waals surface area contributed by atoms with E-state index in [1.807, 2.05) is 6.07 Å². The lowest BCUT2D eigenvalue weighted by molar-refractivity contribution is 0.0733. The van der Waals surface area contributed by atoms with Gasteiger partial charge >= 0.3 is 0 Å². The van der Waals surface area contributed by atoms with Gasteiger partial charge in [0, 0.05) is 25.7 Å². The van der Waals surface area contributed by atoms with E-state index in [4.69, 9.17) is 0 Å². The Morgan fingerprint density at radius 2 is 1.87 bits per heavy atom. The van der Waals surface area contributed by atoms with Gasteiger partial charge in [0.2, 0.25) is 0 Å². The van der Waals surface area contributed by atoms with Crippen LogP contribution in [0.15, 0.2) is 35.1 Å². The van der Waals surface area contributed by atoms with Gasteiger partial charge in [0.15, 0.2) is 0 Å². The van der Waals surface area contributed by atoms with E-state index >= 15 is 0 Å². The van der Waals surface area contributed by atoms with Crippen molar-refractivity contribution in [2.75, 3.05) is 0 Å². The number of rotatable bonds is 4. The molecule has 1 aliphatic carbocycles. The topological polar surface area (TPSA) is 68.1 Å². The molecule has 1 saturated carbocycles. The van der Waals surface area contributed by atoms with Crippen molar-refractivity contribution in [2.45, 2.75) is 69.5 Å². The zero-order valence-electron chi connectivity index (χ0n) is 18.5. The number of nitrogens with zero attached hydrogens (tertiary/aromatic N) is 2. The average Bonchev–Trinajstić information content (AvgIpc) is 2.89. The lowest BCUT2D eigenvalue weighted by Crippen LogP contribution is -2.63. The van der Waals surface area contributed by atoms with Crippen molar-refractivity contribution < 1.29 is 9.18 Å². The molecule has 1 spiro atoms. The molecule has 1 amide bonds. The number of benzene rings is 1. The number of carbonyl (C=O) groups is 1. The molecule has 1 aromatic carbocycles. The van der Waals surface area contributed by atoms with Gasteiger partial charge in [-0.2, -0.15) is 0 Å². The lowest BCUT2D eigenvalue weighted by atomic mass is 9.70. The van der Waals surface area contributed by atoms with Crippen LogP contribution in [0.4, 0.5) is 4.39 Å². The second-order valence-corrected chi connectivity index (χ2v) is 9.26. The third-order valence-electron chi connectivity index (χ3n) is 7.33. The highest BCUT2D eigenvalue weighted by atomic mass is 19.1. The Morgan fingerprint density at radius 1 is 1.13 bits per heavy atom. The number of carbonyl (C=O) groups excluding carboxylic acids is 1. The smallest absolute Gasteiger partial charge is 0.270 e. The minimum absolute atomic E-state index is 0.0540. The van der Waals surface area contributed by atoms with E-state index in [0.29, 0.717) is 11.6 Å². The van der Waals surface area contributed by atoms with Gasteiger partial charge in [-0.25, -0.2) is 4.39 Å². The SMILES string of the molecule is Cn1c(C(=O)NC2CCC(Cc3cccc(F)c3)C3(CCCCCC3)N2)cc(=O)n1C. The Balaban J connectivity index is 1.52. The summed E-state index contributed by atoms with van der Waals surface area (Å²) in [5.74, 6) is -0.0125. The zero-order chi connectivity index (χ0) is 22.0. The first-order valence-electron chi connectivity index (χ1n) is 11.4. The van der Waals surface area contributed by atoms with E-state index in [2.05, 4.69) is 10.6 Å². The molecule has 2 N–H and O–H groups in total. The van der Waals surface area contributed by atoms with Gasteiger partial charge in [0.25, 0.3) is 11.5 Å². The summed E-state index contributed by atoms with van der Waals surface area (Å²) >= 11 is 0. The van der Waals surface area contributed by atoms with Crippen LogP contribution in [0.3, 0.4) is 0 Å². The van der Waals surface area contributed by atoms with Crippen LogP contribution in [0.2, 0.25) is 0 Å². The summed E-state index contributed by atoms with van der Waals surface area (Å²) in [7, 11) is 3.36. The van der Waals surface area contributed by atoms with Crippen LogP contribution in [-0.4, -0.2) is 27.0 Å². The molecular weight excluding hydrogens is 395 g/mol. The third kappa shape index (κ3) is 4.61. The van der Waals surface area contributed by atoms with Gasteiger partial charge in [-0.1, -0.05) is 37.8 Å². The Morgan fingerprint density at radius 3 is 2.52 bits per heavy atom. The van der Waals surface area contributed by atoms with Crippen LogP contribution in [-0.2, 0) is 20.5 Å². The molecule has 2 aromatic rings. The molecule has 7 heteroatoms. The van der Waals surface area contributed by atoms with Crippen molar-refractivity contribution in [2.24, 2.45) is 20.0 Å². The van der Waals surface area contributed by atoms with Crippen LogP contribution in [0.25, 0.3) is 0 Å². The van der Waals surface area contributed by atoms with E-state index in [9.17, 15) is 14.0 Å². The normalized spacial score (nSPS) is 23.5. The average molecular weight is 429 g/mol.